The van der Waals surface area contributed by atoms with Crippen molar-refractivity contribution >= 4 is 46.6 Å². The average Bonchev–Trinajstić information content (AvgIpc) is 2.79. The van der Waals surface area contributed by atoms with E-state index in [0.29, 0.717) is 29.0 Å². The summed E-state index contributed by atoms with van der Waals surface area (Å²) in [5, 5.41) is 4.29. The zero-order valence-corrected chi connectivity index (χ0v) is 19.7. The Labute approximate surface area is 204 Å². The summed E-state index contributed by atoms with van der Waals surface area (Å²) in [5.41, 5.74) is -0.199. The number of amides is 2. The van der Waals surface area contributed by atoms with Crippen LogP contribution in [0.2, 0.25) is 5.02 Å². The first-order valence-electron chi connectivity index (χ1n) is 10.5. The summed E-state index contributed by atoms with van der Waals surface area (Å²) in [6, 6.07) is 18.9. The van der Waals surface area contributed by atoms with E-state index in [4.69, 9.17) is 11.6 Å². The highest BCUT2D eigenvalue weighted by molar-refractivity contribution is 8.00. The lowest BCUT2D eigenvalue weighted by atomic mass is 10.1. The van der Waals surface area contributed by atoms with Gasteiger partial charge in [0, 0.05) is 22.0 Å². The zero-order valence-electron chi connectivity index (χ0n) is 18.2. The third kappa shape index (κ3) is 7.01. The molecular weight excluding hydrogens is 485 g/mol. The van der Waals surface area contributed by atoms with Crippen molar-refractivity contribution in [1.82, 2.24) is 0 Å². The van der Waals surface area contributed by atoms with E-state index in [2.05, 4.69) is 10.6 Å². The normalized spacial score (nSPS) is 12.1. The van der Waals surface area contributed by atoms with Crippen LogP contribution in [-0.2, 0) is 15.8 Å². The summed E-state index contributed by atoms with van der Waals surface area (Å²) in [6.07, 6.45) is -3.59. The fraction of sp³-hybridized carbons (Fsp3) is 0.200. The molecule has 0 heterocycles. The summed E-state index contributed by atoms with van der Waals surface area (Å²) >= 11 is 6.92. The Bertz CT molecular complexity index is 1160. The molecule has 0 spiro atoms. The van der Waals surface area contributed by atoms with Gasteiger partial charge in [0.15, 0.2) is 0 Å². The molecule has 0 aliphatic heterocycles. The van der Waals surface area contributed by atoms with E-state index in [1.807, 2.05) is 6.92 Å². The lowest BCUT2D eigenvalue weighted by Crippen LogP contribution is -2.21. The first kappa shape index (κ1) is 25.6. The van der Waals surface area contributed by atoms with Crippen molar-refractivity contribution in [2.45, 2.75) is 36.1 Å². The van der Waals surface area contributed by atoms with Crippen LogP contribution in [0.4, 0.5) is 24.5 Å². The van der Waals surface area contributed by atoms with E-state index in [1.165, 1.54) is 17.8 Å². The highest BCUT2D eigenvalue weighted by atomic mass is 35.5. The van der Waals surface area contributed by atoms with Crippen molar-refractivity contribution in [3.8, 4) is 0 Å². The van der Waals surface area contributed by atoms with Crippen molar-refractivity contribution in [3.63, 3.8) is 0 Å². The summed E-state index contributed by atoms with van der Waals surface area (Å²) in [6.45, 7) is 1.90. The molecule has 9 heteroatoms. The lowest BCUT2D eigenvalue weighted by molar-refractivity contribution is -0.137. The maximum atomic E-state index is 13.5. The molecule has 4 nitrogen and oxygen atoms in total. The first-order chi connectivity index (χ1) is 16.2. The molecule has 0 aliphatic rings. The van der Waals surface area contributed by atoms with E-state index in [0.717, 1.165) is 12.1 Å². The Morgan fingerprint density at radius 3 is 2.38 bits per heavy atom. The topological polar surface area (TPSA) is 58.2 Å². The molecule has 0 aromatic heterocycles. The highest BCUT2D eigenvalue weighted by Gasteiger charge is 2.35. The maximum absolute atomic E-state index is 13.5. The summed E-state index contributed by atoms with van der Waals surface area (Å²) in [5.74, 6) is -0.742. The number of rotatable bonds is 8. The first-order valence-corrected chi connectivity index (χ1v) is 11.7. The standard InChI is InChI=1S/C25H22ClF3N2O2S/c1-2-7-22(32)30-18-10-6-11-19(15-18)34-23(16-8-4-3-5-9-16)24(33)31-21-13-12-17(26)14-20(21)25(27,28)29/h3-6,8-15,23H,2,7H2,1H3,(H,30,32)(H,31,33). The van der Waals surface area contributed by atoms with Gasteiger partial charge in [-0.05, 0) is 48.4 Å². The van der Waals surface area contributed by atoms with Crippen LogP contribution in [0.15, 0.2) is 77.7 Å². The number of benzene rings is 3. The Kier molecular flexibility index (Phi) is 8.63. The quantitative estimate of drug-likeness (QED) is 0.310. The number of nitrogens with one attached hydrogen (secondary N) is 2. The van der Waals surface area contributed by atoms with Gasteiger partial charge < -0.3 is 10.6 Å². The summed E-state index contributed by atoms with van der Waals surface area (Å²) in [7, 11) is 0. The van der Waals surface area contributed by atoms with Crippen LogP contribution in [-0.4, -0.2) is 11.8 Å². The minimum atomic E-state index is -4.69. The van der Waals surface area contributed by atoms with E-state index in [-0.39, 0.29) is 16.6 Å². The summed E-state index contributed by atoms with van der Waals surface area (Å²) < 4.78 is 40.5. The number of carbonyl (C=O) groups excluding carboxylic acids is 2. The van der Waals surface area contributed by atoms with Crippen molar-refractivity contribution in [1.29, 1.82) is 0 Å². The smallest absolute Gasteiger partial charge is 0.326 e. The Morgan fingerprint density at radius 2 is 1.71 bits per heavy atom. The maximum Gasteiger partial charge on any atom is 0.418 e. The molecule has 0 fully saturated rings. The molecule has 1 unspecified atom stereocenters. The van der Waals surface area contributed by atoms with E-state index in [9.17, 15) is 22.8 Å². The number of alkyl halides is 3. The SMILES string of the molecule is CCCC(=O)Nc1cccc(SC(C(=O)Nc2ccc(Cl)cc2C(F)(F)F)c2ccccc2)c1. The molecule has 0 saturated heterocycles. The van der Waals surface area contributed by atoms with Gasteiger partial charge in [-0.3, -0.25) is 9.59 Å². The van der Waals surface area contributed by atoms with E-state index in [1.54, 1.807) is 54.6 Å². The lowest BCUT2D eigenvalue weighted by Gasteiger charge is -2.20. The second kappa shape index (κ2) is 11.4. The third-order valence-electron chi connectivity index (χ3n) is 4.73. The molecule has 2 N–H and O–H groups in total. The summed E-state index contributed by atoms with van der Waals surface area (Å²) in [4.78, 5) is 25.8. The Hall–Kier alpha value is -2.97. The Balaban J connectivity index is 1.89. The fourth-order valence-electron chi connectivity index (χ4n) is 3.19. The van der Waals surface area contributed by atoms with Gasteiger partial charge in [0.25, 0.3) is 0 Å². The van der Waals surface area contributed by atoms with Gasteiger partial charge in [0.05, 0.1) is 11.3 Å². The predicted octanol–water partition coefficient (Wildman–Crippen LogP) is 7.57. The van der Waals surface area contributed by atoms with Gasteiger partial charge in [-0.15, -0.1) is 11.8 Å². The van der Waals surface area contributed by atoms with Crippen LogP contribution < -0.4 is 10.6 Å². The number of carbonyl (C=O) groups is 2. The molecule has 2 amide bonds. The minimum absolute atomic E-state index is 0.0822. The van der Waals surface area contributed by atoms with Crippen molar-refractivity contribution in [3.05, 3.63) is 88.9 Å². The van der Waals surface area contributed by atoms with Crippen LogP contribution in [0, 0.1) is 0 Å². The van der Waals surface area contributed by atoms with Crippen molar-refractivity contribution in [2.24, 2.45) is 0 Å². The molecule has 3 aromatic carbocycles. The van der Waals surface area contributed by atoms with Gasteiger partial charge >= 0.3 is 6.18 Å². The zero-order chi connectivity index (χ0) is 24.7. The molecule has 178 valence electrons. The fourth-order valence-corrected chi connectivity index (χ4v) is 4.45. The molecule has 3 rings (SSSR count). The monoisotopic (exact) mass is 506 g/mol. The molecule has 0 bridgehead atoms. The van der Waals surface area contributed by atoms with Crippen LogP contribution in [0.3, 0.4) is 0 Å². The second-order valence-corrected chi connectivity index (χ2v) is 9.03. The second-order valence-electron chi connectivity index (χ2n) is 7.41. The largest absolute Gasteiger partial charge is 0.418 e. The van der Waals surface area contributed by atoms with Crippen LogP contribution in [0.25, 0.3) is 0 Å². The van der Waals surface area contributed by atoms with Gasteiger partial charge in [-0.1, -0.05) is 54.9 Å². The molecular formula is C25H22ClF3N2O2S. The van der Waals surface area contributed by atoms with Crippen molar-refractivity contribution in [2.75, 3.05) is 10.6 Å². The highest BCUT2D eigenvalue weighted by Crippen LogP contribution is 2.40. The number of thioether (sulfide) groups is 1. The molecule has 0 saturated carbocycles. The number of hydrogen-bond acceptors (Lipinski definition) is 3. The van der Waals surface area contributed by atoms with Crippen molar-refractivity contribution < 1.29 is 22.8 Å². The molecule has 1 atom stereocenters. The third-order valence-corrected chi connectivity index (χ3v) is 6.22. The molecule has 3 aromatic rings. The molecule has 0 aliphatic carbocycles. The Morgan fingerprint density at radius 1 is 0.971 bits per heavy atom. The molecule has 0 radical (unpaired) electrons. The average molecular weight is 507 g/mol. The van der Waals surface area contributed by atoms with Gasteiger partial charge in [0.2, 0.25) is 11.8 Å². The van der Waals surface area contributed by atoms with Gasteiger partial charge in [-0.25, -0.2) is 0 Å². The van der Waals surface area contributed by atoms with Gasteiger partial charge in [0.1, 0.15) is 5.25 Å². The van der Waals surface area contributed by atoms with E-state index >= 15 is 0 Å². The van der Waals surface area contributed by atoms with Crippen LogP contribution in [0.5, 0.6) is 0 Å². The number of halogens is 4. The predicted molar refractivity (Wildman–Crippen MR) is 130 cm³/mol. The number of anilines is 2. The van der Waals surface area contributed by atoms with Crippen LogP contribution in [0.1, 0.15) is 36.1 Å². The minimum Gasteiger partial charge on any atom is -0.326 e. The van der Waals surface area contributed by atoms with Crippen LogP contribution >= 0.6 is 23.4 Å². The van der Waals surface area contributed by atoms with E-state index < -0.39 is 22.9 Å². The number of hydrogen-bond donors (Lipinski definition) is 2. The van der Waals surface area contributed by atoms with Gasteiger partial charge in [-0.2, -0.15) is 13.2 Å². The molecule has 34 heavy (non-hydrogen) atoms.